The van der Waals surface area contributed by atoms with Crippen LogP contribution in [0.5, 0.6) is 0 Å². The Hall–Kier alpha value is -0.940. The number of methoxy groups -OCH3 is 1. The number of ether oxygens (including phenoxy) is 3. The molecule has 1 aliphatic rings. The van der Waals surface area contributed by atoms with E-state index >= 15 is 0 Å². The van der Waals surface area contributed by atoms with E-state index in [0.717, 1.165) is 11.1 Å². The zero-order chi connectivity index (χ0) is 11.4. The van der Waals surface area contributed by atoms with Crippen molar-refractivity contribution in [1.29, 1.82) is 0 Å². The molecule has 0 aromatic heterocycles. The molecule has 88 valence electrons. The summed E-state index contributed by atoms with van der Waals surface area (Å²) in [6.45, 7) is 1.69. The van der Waals surface area contributed by atoms with Crippen molar-refractivity contribution in [3.05, 3.63) is 35.4 Å². The van der Waals surface area contributed by atoms with Crippen molar-refractivity contribution < 1.29 is 14.2 Å². The summed E-state index contributed by atoms with van der Waals surface area (Å²) in [5, 5.41) is 0. The van der Waals surface area contributed by atoms with Gasteiger partial charge in [0.1, 0.15) is 0 Å². The third kappa shape index (κ3) is 2.59. The summed E-state index contributed by atoms with van der Waals surface area (Å²) in [4.78, 5) is 0. The standard InChI is InChI=1S/C12H17NO3/c1-14-7-9-2-4-10(5-3-9)12-15-8-11(6-13)16-12/h2-5,11-12H,6-8,13H2,1H3. The van der Waals surface area contributed by atoms with Crippen LogP contribution in [0.25, 0.3) is 0 Å². The minimum atomic E-state index is -0.273. The van der Waals surface area contributed by atoms with Gasteiger partial charge < -0.3 is 19.9 Å². The second kappa shape index (κ2) is 5.41. The minimum absolute atomic E-state index is 0.0173. The molecule has 1 aromatic rings. The molecule has 0 radical (unpaired) electrons. The van der Waals surface area contributed by atoms with Crippen molar-refractivity contribution in [2.24, 2.45) is 5.73 Å². The van der Waals surface area contributed by atoms with Crippen molar-refractivity contribution in [3.8, 4) is 0 Å². The van der Waals surface area contributed by atoms with Gasteiger partial charge in [-0.3, -0.25) is 0 Å². The van der Waals surface area contributed by atoms with E-state index in [1.807, 2.05) is 24.3 Å². The van der Waals surface area contributed by atoms with Gasteiger partial charge in [-0.05, 0) is 5.56 Å². The molecule has 0 aliphatic carbocycles. The molecule has 2 rings (SSSR count). The highest BCUT2D eigenvalue weighted by atomic mass is 16.7. The zero-order valence-electron chi connectivity index (χ0n) is 9.39. The summed E-state index contributed by atoms with van der Waals surface area (Å²) < 4.78 is 16.2. The summed E-state index contributed by atoms with van der Waals surface area (Å²) in [5.74, 6) is 0. The molecule has 0 saturated carbocycles. The molecule has 4 nitrogen and oxygen atoms in total. The first-order valence-corrected chi connectivity index (χ1v) is 5.38. The number of rotatable bonds is 4. The van der Waals surface area contributed by atoms with Gasteiger partial charge >= 0.3 is 0 Å². The average molecular weight is 223 g/mol. The van der Waals surface area contributed by atoms with E-state index in [-0.39, 0.29) is 12.4 Å². The molecule has 0 amide bonds. The van der Waals surface area contributed by atoms with Gasteiger partial charge in [0.25, 0.3) is 0 Å². The first kappa shape index (κ1) is 11.5. The Morgan fingerprint density at radius 1 is 1.38 bits per heavy atom. The molecule has 1 heterocycles. The summed E-state index contributed by atoms with van der Waals surface area (Å²) in [5.41, 5.74) is 7.68. The second-order valence-electron chi connectivity index (χ2n) is 3.83. The van der Waals surface area contributed by atoms with Crippen molar-refractivity contribution in [2.45, 2.75) is 19.0 Å². The average Bonchev–Trinajstić information content (AvgIpc) is 2.79. The van der Waals surface area contributed by atoms with Crippen LogP contribution in [-0.4, -0.2) is 26.4 Å². The third-order valence-corrected chi connectivity index (χ3v) is 2.58. The molecule has 4 heteroatoms. The van der Waals surface area contributed by atoms with Gasteiger partial charge in [-0.25, -0.2) is 0 Å². The van der Waals surface area contributed by atoms with Gasteiger partial charge in [-0.1, -0.05) is 24.3 Å². The van der Waals surface area contributed by atoms with Gasteiger partial charge in [-0.15, -0.1) is 0 Å². The Morgan fingerprint density at radius 3 is 2.69 bits per heavy atom. The SMILES string of the molecule is COCc1ccc(C2OCC(CN)O2)cc1. The first-order valence-electron chi connectivity index (χ1n) is 5.38. The largest absolute Gasteiger partial charge is 0.380 e. The number of hydrogen-bond donors (Lipinski definition) is 1. The normalized spacial score (nSPS) is 24.9. The predicted molar refractivity (Wildman–Crippen MR) is 59.8 cm³/mol. The summed E-state index contributed by atoms with van der Waals surface area (Å²) >= 11 is 0. The molecule has 2 atom stereocenters. The Morgan fingerprint density at radius 2 is 2.12 bits per heavy atom. The number of nitrogens with two attached hydrogens (primary N) is 1. The predicted octanol–water partition coefficient (Wildman–Crippen LogP) is 1.21. The highest BCUT2D eigenvalue weighted by Gasteiger charge is 2.25. The van der Waals surface area contributed by atoms with Crippen LogP contribution in [0.3, 0.4) is 0 Å². The smallest absolute Gasteiger partial charge is 0.184 e. The lowest BCUT2D eigenvalue weighted by Gasteiger charge is -2.11. The fourth-order valence-electron chi connectivity index (χ4n) is 1.68. The maximum absolute atomic E-state index is 5.62. The molecule has 2 N–H and O–H groups in total. The van der Waals surface area contributed by atoms with Gasteiger partial charge in [0.05, 0.1) is 19.3 Å². The molecule has 1 saturated heterocycles. The third-order valence-electron chi connectivity index (χ3n) is 2.58. The van der Waals surface area contributed by atoms with Crippen LogP contribution in [-0.2, 0) is 20.8 Å². The quantitative estimate of drug-likeness (QED) is 0.833. The van der Waals surface area contributed by atoms with E-state index in [9.17, 15) is 0 Å². The maximum Gasteiger partial charge on any atom is 0.184 e. The fourth-order valence-corrected chi connectivity index (χ4v) is 1.68. The summed E-state index contributed by atoms with van der Waals surface area (Å²) in [6, 6.07) is 8.03. The second-order valence-corrected chi connectivity index (χ2v) is 3.83. The van der Waals surface area contributed by atoms with Crippen LogP contribution in [0.2, 0.25) is 0 Å². The van der Waals surface area contributed by atoms with Gasteiger partial charge in [-0.2, -0.15) is 0 Å². The topological polar surface area (TPSA) is 53.7 Å². The van der Waals surface area contributed by atoms with Crippen LogP contribution in [0.15, 0.2) is 24.3 Å². The monoisotopic (exact) mass is 223 g/mol. The summed E-state index contributed by atoms with van der Waals surface area (Å²) in [7, 11) is 1.68. The molecule has 1 fully saturated rings. The molecule has 1 aliphatic heterocycles. The van der Waals surface area contributed by atoms with E-state index in [2.05, 4.69) is 0 Å². The van der Waals surface area contributed by atoms with E-state index in [4.69, 9.17) is 19.9 Å². The van der Waals surface area contributed by atoms with E-state index < -0.39 is 0 Å². The lowest BCUT2D eigenvalue weighted by atomic mass is 10.1. The molecular weight excluding hydrogens is 206 g/mol. The summed E-state index contributed by atoms with van der Waals surface area (Å²) in [6.07, 6.45) is -0.256. The van der Waals surface area contributed by atoms with Crippen molar-refractivity contribution >= 4 is 0 Å². The minimum Gasteiger partial charge on any atom is -0.380 e. The van der Waals surface area contributed by atoms with Crippen LogP contribution in [0, 0.1) is 0 Å². The van der Waals surface area contributed by atoms with Crippen molar-refractivity contribution in [3.63, 3.8) is 0 Å². The highest BCUT2D eigenvalue weighted by molar-refractivity contribution is 5.23. The highest BCUT2D eigenvalue weighted by Crippen LogP contribution is 2.26. The molecule has 0 spiro atoms. The van der Waals surface area contributed by atoms with E-state index in [1.54, 1.807) is 7.11 Å². The van der Waals surface area contributed by atoms with Crippen LogP contribution in [0.1, 0.15) is 17.4 Å². The Kier molecular flexibility index (Phi) is 3.90. The van der Waals surface area contributed by atoms with Gasteiger partial charge in [0, 0.05) is 19.2 Å². The lowest BCUT2D eigenvalue weighted by Crippen LogP contribution is -2.21. The number of hydrogen-bond acceptors (Lipinski definition) is 4. The molecule has 0 bridgehead atoms. The Labute approximate surface area is 95.3 Å². The van der Waals surface area contributed by atoms with Crippen LogP contribution in [0.4, 0.5) is 0 Å². The molecular formula is C12H17NO3. The molecule has 2 unspecified atom stereocenters. The van der Waals surface area contributed by atoms with E-state index in [1.165, 1.54) is 0 Å². The fraction of sp³-hybridized carbons (Fsp3) is 0.500. The van der Waals surface area contributed by atoms with Crippen molar-refractivity contribution in [1.82, 2.24) is 0 Å². The maximum atomic E-state index is 5.62. The van der Waals surface area contributed by atoms with Crippen LogP contribution >= 0.6 is 0 Å². The van der Waals surface area contributed by atoms with Gasteiger partial charge in [0.2, 0.25) is 0 Å². The van der Waals surface area contributed by atoms with Crippen molar-refractivity contribution in [2.75, 3.05) is 20.3 Å². The van der Waals surface area contributed by atoms with E-state index in [0.29, 0.717) is 19.8 Å². The van der Waals surface area contributed by atoms with Crippen LogP contribution < -0.4 is 5.73 Å². The molecule has 1 aromatic carbocycles. The Balaban J connectivity index is 1.99. The lowest BCUT2D eigenvalue weighted by molar-refractivity contribution is -0.0585. The van der Waals surface area contributed by atoms with Gasteiger partial charge in [0.15, 0.2) is 6.29 Å². The number of benzene rings is 1. The first-order chi connectivity index (χ1) is 7.83. The molecule has 16 heavy (non-hydrogen) atoms. The zero-order valence-corrected chi connectivity index (χ0v) is 9.39. The Bertz CT molecular complexity index is 326.